The predicted molar refractivity (Wildman–Crippen MR) is 84.0 cm³/mol. The number of nitrogens with zero attached hydrogens (tertiary/aromatic N) is 2. The maximum Gasteiger partial charge on any atom is 0.185 e. The largest absolute Gasteiger partial charge is 0.346 e. The monoisotopic (exact) mass is 311 g/mol. The van der Waals surface area contributed by atoms with Crippen molar-refractivity contribution in [2.24, 2.45) is 0 Å². The minimum atomic E-state index is -0.608. The number of anilines is 1. The van der Waals surface area contributed by atoms with Gasteiger partial charge < -0.3 is 10.2 Å². The lowest BCUT2D eigenvalue weighted by Gasteiger charge is -2.25. The Bertz CT molecular complexity index is 512. The topological polar surface area (TPSA) is 45.2 Å². The van der Waals surface area contributed by atoms with Crippen molar-refractivity contribution in [1.29, 1.82) is 0 Å². The number of thiazole rings is 1. The van der Waals surface area contributed by atoms with Gasteiger partial charge in [-0.05, 0) is 25.7 Å². The minimum absolute atomic E-state index is 0.608. The van der Waals surface area contributed by atoms with E-state index < -0.39 is 10.8 Å². The van der Waals surface area contributed by atoms with Crippen molar-refractivity contribution >= 4 is 27.3 Å². The lowest BCUT2D eigenvalue weighted by molar-refractivity contribution is 0.673. The average molecular weight is 311 g/mol. The van der Waals surface area contributed by atoms with Crippen LogP contribution < -0.4 is 10.2 Å². The van der Waals surface area contributed by atoms with Crippen molar-refractivity contribution in [3.8, 4) is 0 Å². The Hall–Kier alpha value is -0.460. The van der Waals surface area contributed by atoms with Gasteiger partial charge >= 0.3 is 0 Å². The molecule has 0 bridgehead atoms. The molecule has 6 heteroatoms. The van der Waals surface area contributed by atoms with Gasteiger partial charge in [0.15, 0.2) is 5.13 Å². The van der Waals surface area contributed by atoms with Crippen molar-refractivity contribution in [3.05, 3.63) is 10.6 Å². The van der Waals surface area contributed by atoms with Gasteiger partial charge in [-0.25, -0.2) is 4.98 Å². The van der Waals surface area contributed by atoms with E-state index in [0.717, 1.165) is 48.2 Å². The van der Waals surface area contributed by atoms with Crippen LogP contribution in [0, 0.1) is 0 Å². The Kier molecular flexibility index (Phi) is 3.56. The molecule has 0 atom stereocenters. The number of hydrogen-bond donors (Lipinski definition) is 1. The summed E-state index contributed by atoms with van der Waals surface area (Å²) in [7, 11) is -0.608. The molecule has 1 N–H and O–H groups in total. The minimum Gasteiger partial charge on any atom is -0.346 e. The number of rotatable bonds is 5. The first-order valence-corrected chi connectivity index (χ1v) is 9.93. The highest BCUT2D eigenvalue weighted by Gasteiger charge is 2.31. The maximum absolute atomic E-state index is 11.5. The van der Waals surface area contributed by atoms with Crippen molar-refractivity contribution in [2.45, 2.75) is 44.2 Å². The molecule has 0 radical (unpaired) electrons. The first kappa shape index (κ1) is 13.2. The molecule has 1 aliphatic heterocycles. The summed E-state index contributed by atoms with van der Waals surface area (Å²) >= 11 is 1.86. The molecule has 4 rings (SSSR count). The van der Waals surface area contributed by atoms with E-state index in [4.69, 9.17) is 4.98 Å². The Morgan fingerprint density at radius 2 is 2.00 bits per heavy atom. The predicted octanol–water partition coefficient (Wildman–Crippen LogP) is 1.84. The quantitative estimate of drug-likeness (QED) is 0.901. The van der Waals surface area contributed by atoms with Crippen LogP contribution in [0.3, 0.4) is 0 Å². The fourth-order valence-electron chi connectivity index (χ4n) is 2.64. The van der Waals surface area contributed by atoms with Crippen molar-refractivity contribution in [1.82, 2.24) is 10.3 Å². The van der Waals surface area contributed by atoms with Crippen LogP contribution in [0.2, 0.25) is 0 Å². The molecule has 2 saturated carbocycles. The second-order valence-corrected chi connectivity index (χ2v) is 8.83. The van der Waals surface area contributed by atoms with Gasteiger partial charge in [-0.15, -0.1) is 11.3 Å². The summed E-state index contributed by atoms with van der Waals surface area (Å²) in [5.74, 6) is 2.32. The summed E-state index contributed by atoms with van der Waals surface area (Å²) < 4.78 is 11.5. The number of nitrogens with one attached hydrogen (secondary N) is 1. The molecule has 20 heavy (non-hydrogen) atoms. The molecular weight excluding hydrogens is 290 g/mol. The summed E-state index contributed by atoms with van der Waals surface area (Å²) in [5, 5.41) is 4.79. The smallest absolute Gasteiger partial charge is 0.185 e. The first-order chi connectivity index (χ1) is 9.79. The van der Waals surface area contributed by atoms with Crippen LogP contribution in [-0.2, 0) is 17.3 Å². The van der Waals surface area contributed by atoms with E-state index in [1.807, 2.05) is 11.3 Å². The molecule has 1 saturated heterocycles. The van der Waals surface area contributed by atoms with E-state index in [0.29, 0.717) is 0 Å². The molecule has 0 amide bonds. The standard InChI is InChI=1S/C14H21N3OS2/c18-20-7-5-17(6-8-20)14-16-13(10-1-2-10)12(19-14)9-15-11-3-4-11/h10-11,15H,1-9H2. The van der Waals surface area contributed by atoms with Crippen LogP contribution in [-0.4, -0.2) is 39.8 Å². The molecule has 0 aromatic carbocycles. The molecule has 4 nitrogen and oxygen atoms in total. The molecule has 3 fully saturated rings. The van der Waals surface area contributed by atoms with E-state index in [-0.39, 0.29) is 0 Å². The lowest BCUT2D eigenvalue weighted by Crippen LogP contribution is -2.37. The Balaban J connectivity index is 1.50. The first-order valence-electron chi connectivity index (χ1n) is 7.62. The van der Waals surface area contributed by atoms with Gasteiger partial charge in [0.2, 0.25) is 0 Å². The highest BCUT2D eigenvalue weighted by molar-refractivity contribution is 7.85. The molecular formula is C14H21N3OS2. The van der Waals surface area contributed by atoms with Crippen LogP contribution in [0.1, 0.15) is 42.2 Å². The van der Waals surface area contributed by atoms with Gasteiger partial charge in [-0.3, -0.25) is 4.21 Å². The van der Waals surface area contributed by atoms with Crippen LogP contribution in [0.5, 0.6) is 0 Å². The molecule has 2 heterocycles. The third-order valence-corrected chi connectivity index (χ3v) is 6.67. The molecule has 3 aliphatic rings. The molecule has 2 aliphatic carbocycles. The van der Waals surface area contributed by atoms with Crippen LogP contribution >= 0.6 is 11.3 Å². The Morgan fingerprint density at radius 3 is 2.65 bits per heavy atom. The summed E-state index contributed by atoms with van der Waals surface area (Å²) in [6, 6.07) is 0.755. The van der Waals surface area contributed by atoms with Gasteiger partial charge in [-0.2, -0.15) is 0 Å². The van der Waals surface area contributed by atoms with E-state index >= 15 is 0 Å². The van der Waals surface area contributed by atoms with Gasteiger partial charge in [-0.1, -0.05) is 0 Å². The highest BCUT2D eigenvalue weighted by atomic mass is 32.2. The summed E-state index contributed by atoms with van der Waals surface area (Å²) in [5.41, 5.74) is 1.35. The fraction of sp³-hybridized carbons (Fsp3) is 0.786. The van der Waals surface area contributed by atoms with Crippen molar-refractivity contribution in [2.75, 3.05) is 29.5 Å². The summed E-state index contributed by atoms with van der Waals surface area (Å²) in [6.45, 7) is 2.80. The zero-order valence-corrected chi connectivity index (χ0v) is 13.3. The average Bonchev–Trinajstić information content (AvgIpc) is 3.37. The third kappa shape index (κ3) is 2.92. The molecule has 1 aromatic rings. The summed E-state index contributed by atoms with van der Waals surface area (Å²) in [4.78, 5) is 8.70. The van der Waals surface area contributed by atoms with Crippen LogP contribution in [0.15, 0.2) is 0 Å². The van der Waals surface area contributed by atoms with E-state index in [9.17, 15) is 4.21 Å². The SMILES string of the molecule is O=S1CCN(c2nc(C3CC3)c(CNC3CC3)s2)CC1. The number of hydrogen-bond acceptors (Lipinski definition) is 5. The Morgan fingerprint density at radius 1 is 1.25 bits per heavy atom. The number of aromatic nitrogens is 1. The van der Waals surface area contributed by atoms with Gasteiger partial charge in [0.05, 0.1) is 5.69 Å². The van der Waals surface area contributed by atoms with E-state index in [2.05, 4.69) is 10.2 Å². The molecule has 0 spiro atoms. The highest BCUT2D eigenvalue weighted by Crippen LogP contribution is 2.44. The second kappa shape index (κ2) is 5.39. The van der Waals surface area contributed by atoms with Crippen LogP contribution in [0.25, 0.3) is 0 Å². The van der Waals surface area contributed by atoms with Gasteiger partial charge in [0.25, 0.3) is 0 Å². The lowest BCUT2D eigenvalue weighted by atomic mass is 10.2. The van der Waals surface area contributed by atoms with Gasteiger partial charge in [0, 0.05) is 58.8 Å². The normalized spacial score (nSPS) is 24.3. The van der Waals surface area contributed by atoms with Crippen LogP contribution in [0.4, 0.5) is 5.13 Å². The zero-order valence-electron chi connectivity index (χ0n) is 11.6. The van der Waals surface area contributed by atoms with Gasteiger partial charge in [0.1, 0.15) is 0 Å². The van der Waals surface area contributed by atoms with Crippen molar-refractivity contribution in [3.63, 3.8) is 0 Å². The second-order valence-electron chi connectivity index (χ2n) is 6.07. The molecule has 0 unspecified atom stereocenters. The Labute approximate surface area is 126 Å². The maximum atomic E-state index is 11.5. The van der Waals surface area contributed by atoms with E-state index in [1.54, 1.807) is 0 Å². The third-order valence-electron chi connectivity index (χ3n) is 4.26. The van der Waals surface area contributed by atoms with E-state index in [1.165, 1.54) is 36.3 Å². The zero-order chi connectivity index (χ0) is 13.5. The molecule has 110 valence electrons. The van der Waals surface area contributed by atoms with Crippen molar-refractivity contribution < 1.29 is 4.21 Å². The fourth-order valence-corrected chi connectivity index (χ4v) is 4.84. The molecule has 1 aromatic heterocycles. The summed E-state index contributed by atoms with van der Waals surface area (Å²) in [6.07, 6.45) is 5.29.